The number of likely N-dealkylation sites (tertiary alicyclic amines) is 1. The van der Waals surface area contributed by atoms with Gasteiger partial charge in [0.05, 0.1) is 18.5 Å². The second-order valence-electron chi connectivity index (χ2n) is 8.71. The van der Waals surface area contributed by atoms with Crippen molar-refractivity contribution in [3.63, 3.8) is 0 Å². The summed E-state index contributed by atoms with van der Waals surface area (Å²) in [6.07, 6.45) is 0.894. The Labute approximate surface area is 181 Å². The Morgan fingerprint density at radius 3 is 1.65 bits per heavy atom. The van der Waals surface area contributed by atoms with Crippen molar-refractivity contribution < 1.29 is 9.59 Å². The number of nitrogens with one attached hydrogen (secondary N) is 1. The van der Waals surface area contributed by atoms with Gasteiger partial charge in [-0.25, -0.2) is 0 Å². The number of carbonyl (C=O) groups is 2. The number of imide groups is 1. The van der Waals surface area contributed by atoms with Gasteiger partial charge in [-0.3, -0.25) is 14.5 Å². The largest absolute Gasteiger partial charge is 0.367 e. The van der Waals surface area contributed by atoms with E-state index in [1.54, 1.807) is 0 Å². The highest BCUT2D eigenvalue weighted by atomic mass is 16.2. The molecule has 154 valence electrons. The van der Waals surface area contributed by atoms with E-state index in [1.165, 1.54) is 32.7 Å². The van der Waals surface area contributed by atoms with Gasteiger partial charge in [-0.05, 0) is 40.3 Å². The maximum Gasteiger partial charge on any atom is 0.235 e. The molecule has 1 heterocycles. The molecule has 1 fully saturated rings. The normalized spacial score (nSPS) is 25.3. The van der Waals surface area contributed by atoms with E-state index in [0.29, 0.717) is 0 Å². The molecule has 0 radical (unpaired) electrons. The zero-order valence-corrected chi connectivity index (χ0v) is 17.4. The van der Waals surface area contributed by atoms with Crippen LogP contribution >= 0.6 is 0 Å². The Bertz CT molecular complexity index is 1100. The fraction of sp³-hybridized carbons (Fsp3) is 0.259. The Balaban J connectivity index is 1.39. The third-order valence-electron chi connectivity index (χ3n) is 7.37. The van der Waals surface area contributed by atoms with Crippen molar-refractivity contribution in [2.75, 3.05) is 12.0 Å². The number of hydrogen-bond donors (Lipinski definition) is 1. The van der Waals surface area contributed by atoms with Crippen LogP contribution in [0.15, 0.2) is 72.8 Å². The van der Waals surface area contributed by atoms with Crippen LogP contribution in [0.4, 0.5) is 5.69 Å². The second-order valence-corrected chi connectivity index (χ2v) is 8.71. The van der Waals surface area contributed by atoms with Gasteiger partial charge in [0.2, 0.25) is 11.8 Å². The first-order chi connectivity index (χ1) is 15.2. The molecule has 2 atom stereocenters. The minimum absolute atomic E-state index is 0.0458. The number of nitrogens with zero attached hydrogens (tertiary/aromatic N) is 1. The van der Waals surface area contributed by atoms with Crippen molar-refractivity contribution >= 4 is 17.5 Å². The van der Waals surface area contributed by atoms with Gasteiger partial charge in [0.25, 0.3) is 0 Å². The maximum atomic E-state index is 13.6. The number of anilines is 1. The molecule has 31 heavy (non-hydrogen) atoms. The smallest absolute Gasteiger partial charge is 0.235 e. The van der Waals surface area contributed by atoms with Crippen molar-refractivity contribution in [1.29, 1.82) is 0 Å². The fourth-order valence-corrected chi connectivity index (χ4v) is 6.06. The highest BCUT2D eigenvalue weighted by molar-refractivity contribution is 6.07. The summed E-state index contributed by atoms with van der Waals surface area (Å²) in [6, 6.07) is 24.8. The van der Waals surface area contributed by atoms with Crippen molar-refractivity contribution in [1.82, 2.24) is 4.90 Å². The molecule has 2 bridgehead atoms. The standard InChI is InChI=1S/C27H24N2O2/c1-2-16-9-3-8-14-21(16)28-15-29-26(30)24-22-17-10-4-5-11-18(17)23(25(24)27(29)31)20-13-7-6-12-19(20)22/h3-14,22-25,28H,2,15H2,1H3/t22?,23?,24-,25-/m0/s1. The van der Waals surface area contributed by atoms with Gasteiger partial charge in [0, 0.05) is 17.5 Å². The van der Waals surface area contributed by atoms with E-state index in [0.717, 1.165) is 12.1 Å². The lowest BCUT2D eigenvalue weighted by Gasteiger charge is -2.45. The average Bonchev–Trinajstić information content (AvgIpc) is 3.08. The van der Waals surface area contributed by atoms with Crippen LogP contribution in [0.3, 0.4) is 0 Å². The fourth-order valence-electron chi connectivity index (χ4n) is 6.06. The highest BCUT2D eigenvalue weighted by Gasteiger charge is 2.61. The van der Waals surface area contributed by atoms with Crippen molar-refractivity contribution in [3.05, 3.63) is 101 Å². The molecule has 1 saturated heterocycles. The molecule has 0 spiro atoms. The third-order valence-corrected chi connectivity index (χ3v) is 7.37. The number of carbonyl (C=O) groups excluding carboxylic acids is 2. The predicted molar refractivity (Wildman–Crippen MR) is 120 cm³/mol. The molecule has 4 aliphatic rings. The van der Waals surface area contributed by atoms with Gasteiger partial charge < -0.3 is 5.32 Å². The van der Waals surface area contributed by atoms with E-state index in [1.807, 2.05) is 42.5 Å². The maximum absolute atomic E-state index is 13.6. The van der Waals surface area contributed by atoms with Gasteiger partial charge in [-0.2, -0.15) is 0 Å². The zero-order chi connectivity index (χ0) is 21.1. The average molecular weight is 409 g/mol. The van der Waals surface area contributed by atoms with E-state index < -0.39 is 0 Å². The number of benzene rings is 3. The number of hydrogen-bond acceptors (Lipinski definition) is 3. The van der Waals surface area contributed by atoms with Gasteiger partial charge >= 0.3 is 0 Å². The summed E-state index contributed by atoms with van der Waals surface area (Å²) < 4.78 is 0. The van der Waals surface area contributed by atoms with Gasteiger partial charge in [-0.15, -0.1) is 0 Å². The lowest BCUT2D eigenvalue weighted by molar-refractivity contribution is -0.139. The number of para-hydroxylation sites is 1. The highest BCUT2D eigenvalue weighted by Crippen LogP contribution is 2.60. The van der Waals surface area contributed by atoms with E-state index in [9.17, 15) is 9.59 Å². The van der Waals surface area contributed by atoms with Crippen LogP contribution in [0.1, 0.15) is 46.6 Å². The first kappa shape index (κ1) is 18.4. The molecule has 0 unspecified atom stereocenters. The van der Waals surface area contributed by atoms with Crippen LogP contribution in [-0.2, 0) is 16.0 Å². The Kier molecular flexibility index (Phi) is 4.04. The first-order valence-corrected chi connectivity index (χ1v) is 11.1. The van der Waals surface area contributed by atoms with E-state index >= 15 is 0 Å². The van der Waals surface area contributed by atoms with Gasteiger partial charge in [-0.1, -0.05) is 73.7 Å². The van der Waals surface area contributed by atoms with Crippen LogP contribution in [0.5, 0.6) is 0 Å². The van der Waals surface area contributed by atoms with E-state index in [2.05, 4.69) is 42.6 Å². The predicted octanol–water partition coefficient (Wildman–Crippen LogP) is 4.51. The van der Waals surface area contributed by atoms with Gasteiger partial charge in [0.15, 0.2) is 0 Å². The summed E-state index contributed by atoms with van der Waals surface area (Å²) in [5.41, 5.74) is 6.99. The molecule has 3 aliphatic carbocycles. The van der Waals surface area contributed by atoms with Crippen LogP contribution in [-0.4, -0.2) is 23.4 Å². The van der Waals surface area contributed by atoms with E-state index in [4.69, 9.17) is 0 Å². The molecule has 4 heteroatoms. The molecular weight excluding hydrogens is 384 g/mol. The Hall–Kier alpha value is -3.40. The van der Waals surface area contributed by atoms with Crippen LogP contribution in [0.25, 0.3) is 0 Å². The molecule has 0 saturated carbocycles. The minimum Gasteiger partial charge on any atom is -0.367 e. The molecule has 1 aliphatic heterocycles. The topological polar surface area (TPSA) is 49.4 Å². The quantitative estimate of drug-likeness (QED) is 0.646. The monoisotopic (exact) mass is 408 g/mol. The summed E-state index contributed by atoms with van der Waals surface area (Å²) in [6.45, 7) is 2.32. The van der Waals surface area contributed by atoms with Crippen LogP contribution in [0.2, 0.25) is 0 Å². The van der Waals surface area contributed by atoms with Crippen LogP contribution < -0.4 is 5.32 Å². The molecule has 7 rings (SSSR count). The number of amides is 2. The minimum atomic E-state index is -0.314. The molecule has 2 amide bonds. The van der Waals surface area contributed by atoms with Crippen molar-refractivity contribution in [2.24, 2.45) is 11.8 Å². The van der Waals surface area contributed by atoms with Crippen molar-refractivity contribution in [3.8, 4) is 0 Å². The number of rotatable bonds is 4. The second kappa shape index (κ2) is 6.81. The lowest BCUT2D eigenvalue weighted by Crippen LogP contribution is -2.41. The lowest BCUT2D eigenvalue weighted by atomic mass is 9.55. The SMILES string of the molecule is CCc1ccccc1NCN1C(=O)[C@H]2C3c4ccccc4C(c4ccccc43)[C@@H]2C1=O. The van der Waals surface area contributed by atoms with Crippen molar-refractivity contribution in [2.45, 2.75) is 25.2 Å². The molecule has 4 nitrogen and oxygen atoms in total. The molecular formula is C27H24N2O2. The zero-order valence-electron chi connectivity index (χ0n) is 17.4. The molecule has 3 aromatic rings. The summed E-state index contributed by atoms with van der Waals surface area (Å²) in [5.74, 6) is -0.819. The first-order valence-electron chi connectivity index (χ1n) is 11.1. The molecule has 1 N–H and O–H groups in total. The van der Waals surface area contributed by atoms with Crippen LogP contribution in [0, 0.1) is 11.8 Å². The molecule has 0 aromatic heterocycles. The summed E-state index contributed by atoms with van der Waals surface area (Å²) in [7, 11) is 0. The number of aryl methyl sites for hydroxylation is 1. The molecule has 3 aromatic carbocycles. The summed E-state index contributed by atoms with van der Waals surface area (Å²) >= 11 is 0. The Morgan fingerprint density at radius 2 is 1.16 bits per heavy atom. The summed E-state index contributed by atoms with van der Waals surface area (Å²) in [5, 5.41) is 3.35. The van der Waals surface area contributed by atoms with Gasteiger partial charge in [0.1, 0.15) is 0 Å². The summed E-state index contributed by atoms with van der Waals surface area (Å²) in [4.78, 5) is 28.7. The van der Waals surface area contributed by atoms with E-state index in [-0.39, 0.29) is 42.2 Å². The Morgan fingerprint density at radius 1 is 0.710 bits per heavy atom. The third kappa shape index (κ3) is 2.48.